The van der Waals surface area contributed by atoms with Gasteiger partial charge in [-0.05, 0) is 51.3 Å². The van der Waals surface area contributed by atoms with Crippen molar-refractivity contribution < 1.29 is 22.4 Å². The van der Waals surface area contributed by atoms with Crippen molar-refractivity contribution in [1.82, 2.24) is 14.7 Å². The van der Waals surface area contributed by atoms with Crippen LogP contribution in [0.2, 0.25) is 0 Å². The maximum Gasteiger partial charge on any atom is 0.420 e. The number of nitrogens with zero attached hydrogens (tertiary/aromatic N) is 2. The van der Waals surface area contributed by atoms with Crippen LogP contribution in [0.5, 0.6) is 0 Å². The Labute approximate surface area is 174 Å². The lowest BCUT2D eigenvalue weighted by molar-refractivity contribution is -0.136. The van der Waals surface area contributed by atoms with E-state index >= 15 is 0 Å². The van der Waals surface area contributed by atoms with Gasteiger partial charge >= 0.3 is 6.18 Å². The number of anilines is 1. The lowest BCUT2D eigenvalue weighted by atomic mass is 9.92. The molecule has 3 aromatic heterocycles. The number of aryl methyl sites for hydroxylation is 1. The third-order valence-corrected chi connectivity index (χ3v) is 6.44. The zero-order chi connectivity index (χ0) is 21.6. The highest BCUT2D eigenvalue weighted by molar-refractivity contribution is 7.14. The first-order valence-electron chi connectivity index (χ1n) is 9.52. The predicted octanol–water partition coefficient (Wildman–Crippen LogP) is 4.97. The van der Waals surface area contributed by atoms with Gasteiger partial charge in [0.25, 0.3) is 5.91 Å². The molecule has 0 saturated carbocycles. The van der Waals surface area contributed by atoms with Gasteiger partial charge in [-0.25, -0.2) is 9.37 Å². The van der Waals surface area contributed by atoms with Gasteiger partial charge in [0.1, 0.15) is 21.9 Å². The van der Waals surface area contributed by atoms with E-state index in [-0.39, 0.29) is 22.1 Å². The smallest absolute Gasteiger partial charge is 0.320 e. The van der Waals surface area contributed by atoms with Gasteiger partial charge in [0.2, 0.25) is 0 Å². The SMILES string of the molecule is Cc1cn2cc(NC(=O)c3sc([C@H]4CCN[C@H](C)C4)cc3F)cc(C(F)(F)F)c2n1. The number of hydrogen-bond donors (Lipinski definition) is 2. The number of nitrogens with one attached hydrogen (secondary N) is 2. The van der Waals surface area contributed by atoms with E-state index in [4.69, 9.17) is 0 Å². The minimum atomic E-state index is -4.65. The maximum atomic E-state index is 14.5. The van der Waals surface area contributed by atoms with Crippen molar-refractivity contribution in [2.75, 3.05) is 11.9 Å². The Kier molecular flexibility index (Phi) is 5.31. The van der Waals surface area contributed by atoms with Crippen molar-refractivity contribution in [3.8, 4) is 0 Å². The van der Waals surface area contributed by atoms with Gasteiger partial charge in [0.15, 0.2) is 0 Å². The fourth-order valence-electron chi connectivity index (χ4n) is 3.82. The van der Waals surface area contributed by atoms with Crippen molar-refractivity contribution in [1.29, 1.82) is 0 Å². The van der Waals surface area contributed by atoms with Crippen molar-refractivity contribution in [3.05, 3.63) is 51.4 Å². The molecule has 0 aliphatic carbocycles. The highest BCUT2D eigenvalue weighted by Gasteiger charge is 2.35. The molecule has 4 rings (SSSR count). The number of thiophene rings is 1. The van der Waals surface area contributed by atoms with Gasteiger partial charge in [-0.3, -0.25) is 4.79 Å². The topological polar surface area (TPSA) is 58.4 Å². The van der Waals surface area contributed by atoms with Crippen LogP contribution in [0.3, 0.4) is 0 Å². The summed E-state index contributed by atoms with van der Waals surface area (Å²) in [6, 6.07) is 2.49. The van der Waals surface area contributed by atoms with Crippen LogP contribution in [0, 0.1) is 12.7 Å². The molecule has 0 unspecified atom stereocenters. The van der Waals surface area contributed by atoms with Gasteiger partial charge in [-0.15, -0.1) is 11.3 Å². The molecular weight excluding hydrogens is 420 g/mol. The molecule has 0 radical (unpaired) electrons. The van der Waals surface area contributed by atoms with E-state index in [1.165, 1.54) is 22.9 Å². The van der Waals surface area contributed by atoms with E-state index in [0.717, 1.165) is 41.7 Å². The number of fused-ring (bicyclic) bond motifs is 1. The Morgan fingerprint density at radius 3 is 2.80 bits per heavy atom. The lowest BCUT2D eigenvalue weighted by Crippen LogP contribution is -2.34. The zero-order valence-electron chi connectivity index (χ0n) is 16.3. The third kappa shape index (κ3) is 4.06. The highest BCUT2D eigenvalue weighted by Crippen LogP contribution is 2.36. The number of imidazole rings is 1. The average molecular weight is 440 g/mol. The van der Waals surface area contributed by atoms with Crippen LogP contribution in [0.15, 0.2) is 24.5 Å². The van der Waals surface area contributed by atoms with Crippen LogP contribution in [0.4, 0.5) is 23.2 Å². The summed E-state index contributed by atoms with van der Waals surface area (Å²) in [5, 5.41) is 5.73. The van der Waals surface area contributed by atoms with E-state index in [9.17, 15) is 22.4 Å². The van der Waals surface area contributed by atoms with E-state index in [1.807, 2.05) is 0 Å². The number of pyridine rings is 1. The molecule has 1 aliphatic rings. The summed E-state index contributed by atoms with van der Waals surface area (Å²) in [5.41, 5.74) is -0.886. The van der Waals surface area contributed by atoms with Crippen molar-refractivity contribution in [3.63, 3.8) is 0 Å². The van der Waals surface area contributed by atoms with Gasteiger partial charge in [0.05, 0.1) is 11.4 Å². The van der Waals surface area contributed by atoms with Crippen molar-refractivity contribution >= 4 is 28.6 Å². The van der Waals surface area contributed by atoms with E-state index in [0.29, 0.717) is 11.7 Å². The number of hydrogen-bond acceptors (Lipinski definition) is 4. The number of carbonyl (C=O) groups excluding carboxylic acids is 1. The number of aromatic nitrogens is 2. The van der Waals surface area contributed by atoms with Crippen LogP contribution in [0.25, 0.3) is 5.65 Å². The second kappa shape index (κ2) is 7.66. The van der Waals surface area contributed by atoms with Crippen molar-refractivity contribution in [2.45, 2.75) is 44.8 Å². The molecule has 2 N–H and O–H groups in total. The minimum absolute atomic E-state index is 0.0814. The summed E-state index contributed by atoms with van der Waals surface area (Å²) in [4.78, 5) is 17.2. The van der Waals surface area contributed by atoms with Crippen LogP contribution in [0.1, 0.15) is 51.5 Å². The van der Waals surface area contributed by atoms with Crippen LogP contribution in [-0.4, -0.2) is 27.9 Å². The molecule has 30 heavy (non-hydrogen) atoms. The summed E-state index contributed by atoms with van der Waals surface area (Å²) in [6.07, 6.45) is -0.192. The quantitative estimate of drug-likeness (QED) is 0.566. The van der Waals surface area contributed by atoms with Gasteiger partial charge in [-0.2, -0.15) is 13.2 Å². The fourth-order valence-corrected chi connectivity index (χ4v) is 4.90. The second-order valence-corrected chi connectivity index (χ2v) is 8.69. The standard InChI is InChI=1S/C20H20F4N4OS/c1-10-5-12(3-4-25-10)16-7-15(21)17(30-16)19(29)27-13-6-14(20(22,23)24)18-26-11(2)8-28(18)9-13/h6-10,12,25H,3-5H2,1-2H3,(H,27,29)/t10-,12+/m1/s1. The number of alkyl halides is 3. The Morgan fingerprint density at radius 2 is 2.10 bits per heavy atom. The summed E-state index contributed by atoms with van der Waals surface area (Å²) in [5.74, 6) is -1.27. The maximum absolute atomic E-state index is 14.5. The molecule has 5 nitrogen and oxygen atoms in total. The number of halogens is 4. The summed E-state index contributed by atoms with van der Waals surface area (Å²) in [7, 11) is 0. The first kappa shape index (κ1) is 20.8. The third-order valence-electron chi connectivity index (χ3n) is 5.17. The van der Waals surface area contributed by atoms with Crippen molar-refractivity contribution in [2.24, 2.45) is 0 Å². The second-order valence-electron chi connectivity index (χ2n) is 7.61. The number of amides is 1. The Bertz CT molecular complexity index is 1100. The number of carbonyl (C=O) groups is 1. The van der Waals surface area contributed by atoms with E-state index in [1.54, 1.807) is 6.92 Å². The minimum Gasteiger partial charge on any atom is -0.320 e. The summed E-state index contributed by atoms with van der Waals surface area (Å²) < 4.78 is 56.0. The molecule has 10 heteroatoms. The number of piperidine rings is 1. The highest BCUT2D eigenvalue weighted by atomic mass is 32.1. The largest absolute Gasteiger partial charge is 0.420 e. The monoisotopic (exact) mass is 440 g/mol. The molecule has 0 spiro atoms. The molecule has 1 saturated heterocycles. The van der Waals surface area contributed by atoms with E-state index < -0.39 is 23.5 Å². The molecule has 160 valence electrons. The fraction of sp³-hybridized carbons (Fsp3) is 0.400. The average Bonchev–Trinajstić information content (AvgIpc) is 3.22. The molecular formula is C20H20F4N4OS. The molecule has 1 fully saturated rings. The van der Waals surface area contributed by atoms with Crippen LogP contribution >= 0.6 is 11.3 Å². The van der Waals surface area contributed by atoms with Gasteiger partial charge in [0, 0.05) is 23.3 Å². The first-order valence-corrected chi connectivity index (χ1v) is 10.3. The molecule has 4 heterocycles. The summed E-state index contributed by atoms with van der Waals surface area (Å²) in [6.45, 7) is 4.45. The number of rotatable bonds is 3. The van der Waals surface area contributed by atoms with Crippen LogP contribution < -0.4 is 10.6 Å². The lowest BCUT2D eigenvalue weighted by Gasteiger charge is -2.27. The molecule has 3 aromatic rings. The first-order chi connectivity index (χ1) is 14.1. The molecule has 1 aliphatic heterocycles. The van der Waals surface area contributed by atoms with Gasteiger partial charge < -0.3 is 15.0 Å². The predicted molar refractivity (Wildman–Crippen MR) is 107 cm³/mol. The molecule has 1 amide bonds. The molecule has 0 aromatic carbocycles. The Balaban J connectivity index is 1.62. The van der Waals surface area contributed by atoms with E-state index in [2.05, 4.69) is 22.5 Å². The zero-order valence-corrected chi connectivity index (χ0v) is 17.1. The van der Waals surface area contributed by atoms with Crippen LogP contribution in [-0.2, 0) is 6.18 Å². The Morgan fingerprint density at radius 1 is 1.33 bits per heavy atom. The molecule has 2 atom stereocenters. The normalized spacial score (nSPS) is 19.9. The van der Waals surface area contributed by atoms with Gasteiger partial charge in [-0.1, -0.05) is 0 Å². The Hall–Kier alpha value is -2.46. The molecule has 0 bridgehead atoms. The summed E-state index contributed by atoms with van der Waals surface area (Å²) >= 11 is 1.06.